The van der Waals surface area contributed by atoms with Gasteiger partial charge in [0.1, 0.15) is 0 Å². The van der Waals surface area contributed by atoms with Gasteiger partial charge in [-0.2, -0.15) is 0 Å². The molecule has 2 nitrogen and oxygen atoms in total. The summed E-state index contributed by atoms with van der Waals surface area (Å²) in [6, 6.07) is 2.07. The summed E-state index contributed by atoms with van der Waals surface area (Å²) in [4.78, 5) is 4.39. The predicted octanol–water partition coefficient (Wildman–Crippen LogP) is 6.28. The van der Waals surface area contributed by atoms with Crippen molar-refractivity contribution in [1.29, 1.82) is 0 Å². The van der Waals surface area contributed by atoms with E-state index in [4.69, 9.17) is 16.0 Å². The lowest BCUT2D eigenvalue weighted by Crippen LogP contribution is -2.47. The molecule has 0 amide bonds. The number of hydrogen-bond acceptors (Lipinski definition) is 2. The van der Waals surface area contributed by atoms with Crippen molar-refractivity contribution in [2.45, 2.75) is 70.7 Å². The van der Waals surface area contributed by atoms with Crippen LogP contribution >= 0.6 is 27.5 Å². The number of alkyl halides is 1. The Hall–Kier alpha value is 0.0969. The molecule has 0 N–H and O–H groups in total. The van der Waals surface area contributed by atoms with Gasteiger partial charge in [-0.15, -0.1) is 11.6 Å². The Morgan fingerprint density at radius 1 is 1.14 bits per heavy atom. The van der Waals surface area contributed by atoms with Gasteiger partial charge in [-0.25, -0.2) is 0 Å². The Balaban J connectivity index is 3.05. The standard InChI is InChI=1S/C16H27BrClNOSi/c1-11(2)21(12(3)4,13(5)6)20-10-14-7-15(17)9-19-16(14)8-18/h7,9,11-13H,8,10H2,1-6H3. The van der Waals surface area contributed by atoms with Gasteiger partial charge >= 0.3 is 0 Å². The van der Waals surface area contributed by atoms with Gasteiger partial charge in [0.2, 0.25) is 8.32 Å². The maximum Gasteiger partial charge on any atom is 0.200 e. The Bertz CT molecular complexity index is 444. The lowest BCUT2D eigenvalue weighted by molar-refractivity contribution is 0.264. The summed E-state index contributed by atoms with van der Waals surface area (Å²) in [5.74, 6) is 0.422. The number of hydrogen-bond donors (Lipinski definition) is 0. The van der Waals surface area contributed by atoms with E-state index in [1.165, 1.54) is 0 Å². The zero-order valence-electron chi connectivity index (χ0n) is 13.9. The quantitative estimate of drug-likeness (QED) is 0.402. The zero-order chi connectivity index (χ0) is 16.2. The van der Waals surface area contributed by atoms with E-state index in [-0.39, 0.29) is 0 Å². The predicted molar refractivity (Wildman–Crippen MR) is 97.3 cm³/mol. The third kappa shape index (κ3) is 4.31. The molecular weight excluding hydrogens is 366 g/mol. The number of pyridine rings is 1. The molecule has 120 valence electrons. The summed E-state index contributed by atoms with van der Waals surface area (Å²) in [6.45, 7) is 14.4. The van der Waals surface area contributed by atoms with Crippen molar-refractivity contribution in [2.24, 2.45) is 0 Å². The van der Waals surface area contributed by atoms with Crippen LogP contribution in [-0.4, -0.2) is 13.3 Å². The number of rotatable bonds is 7. The van der Waals surface area contributed by atoms with Crippen LogP contribution < -0.4 is 0 Å². The van der Waals surface area contributed by atoms with E-state index in [0.29, 0.717) is 29.1 Å². The molecule has 0 aliphatic rings. The molecule has 1 heterocycles. The molecule has 0 bridgehead atoms. The van der Waals surface area contributed by atoms with E-state index in [1.807, 2.05) is 0 Å². The van der Waals surface area contributed by atoms with Gasteiger partial charge in [0.05, 0.1) is 18.2 Å². The lowest BCUT2D eigenvalue weighted by atomic mass is 10.2. The number of halogens is 2. The first-order valence-corrected chi connectivity index (χ1v) is 11.1. The lowest BCUT2D eigenvalue weighted by Gasteiger charge is -2.42. The van der Waals surface area contributed by atoms with E-state index < -0.39 is 8.32 Å². The fourth-order valence-corrected chi connectivity index (χ4v) is 9.48. The van der Waals surface area contributed by atoms with Crippen LogP contribution in [0.4, 0.5) is 0 Å². The summed E-state index contributed by atoms with van der Waals surface area (Å²) in [7, 11) is -1.85. The van der Waals surface area contributed by atoms with Gasteiger partial charge in [-0.3, -0.25) is 4.98 Å². The van der Waals surface area contributed by atoms with Crippen LogP contribution in [0.1, 0.15) is 52.8 Å². The molecule has 0 fully saturated rings. The zero-order valence-corrected chi connectivity index (χ0v) is 17.3. The second-order valence-electron chi connectivity index (χ2n) is 6.50. The molecule has 1 aromatic heterocycles. The van der Waals surface area contributed by atoms with Crippen molar-refractivity contribution < 1.29 is 4.43 Å². The fraction of sp³-hybridized carbons (Fsp3) is 0.688. The molecule has 1 rings (SSSR count). The molecular formula is C16H27BrClNOSi. The van der Waals surface area contributed by atoms with Gasteiger partial charge in [0.25, 0.3) is 0 Å². The van der Waals surface area contributed by atoms with Crippen molar-refractivity contribution >= 4 is 35.8 Å². The minimum atomic E-state index is -1.85. The topological polar surface area (TPSA) is 22.1 Å². The van der Waals surface area contributed by atoms with E-state index >= 15 is 0 Å². The first kappa shape index (κ1) is 19.1. The van der Waals surface area contributed by atoms with Gasteiger partial charge in [0, 0.05) is 16.2 Å². The summed E-state index contributed by atoms with van der Waals surface area (Å²) in [5, 5.41) is 0. The van der Waals surface area contributed by atoms with Crippen LogP contribution in [0, 0.1) is 0 Å². The van der Waals surface area contributed by atoms with E-state index in [9.17, 15) is 0 Å². The van der Waals surface area contributed by atoms with Gasteiger partial charge < -0.3 is 4.43 Å². The van der Waals surface area contributed by atoms with Crippen molar-refractivity contribution in [1.82, 2.24) is 4.98 Å². The molecule has 5 heteroatoms. The minimum Gasteiger partial charge on any atom is -0.412 e. The molecule has 1 aromatic rings. The highest BCUT2D eigenvalue weighted by Gasteiger charge is 2.45. The maximum atomic E-state index is 6.62. The molecule has 0 atom stereocenters. The average molecular weight is 393 g/mol. The minimum absolute atomic E-state index is 0.422. The van der Waals surface area contributed by atoms with E-state index in [2.05, 4.69) is 68.5 Å². The summed E-state index contributed by atoms with van der Waals surface area (Å²) >= 11 is 9.48. The molecule has 0 aromatic carbocycles. The fourth-order valence-electron chi connectivity index (χ4n) is 3.46. The molecule has 0 aliphatic carbocycles. The molecule has 0 radical (unpaired) electrons. The average Bonchev–Trinajstić information content (AvgIpc) is 2.38. The maximum absolute atomic E-state index is 6.62. The number of aromatic nitrogens is 1. The van der Waals surface area contributed by atoms with Gasteiger partial charge in [-0.1, -0.05) is 41.5 Å². The van der Waals surface area contributed by atoms with E-state index in [1.54, 1.807) is 6.20 Å². The van der Waals surface area contributed by atoms with Crippen LogP contribution in [0.5, 0.6) is 0 Å². The van der Waals surface area contributed by atoms with Crippen LogP contribution in [-0.2, 0) is 16.9 Å². The van der Waals surface area contributed by atoms with E-state index in [0.717, 1.165) is 15.7 Å². The first-order valence-electron chi connectivity index (χ1n) is 7.58. The van der Waals surface area contributed by atoms with Crippen molar-refractivity contribution in [3.8, 4) is 0 Å². The normalized spacial score (nSPS) is 12.7. The first-order chi connectivity index (χ1) is 9.75. The molecule has 0 saturated carbocycles. The molecule has 0 saturated heterocycles. The monoisotopic (exact) mass is 391 g/mol. The largest absolute Gasteiger partial charge is 0.412 e. The Morgan fingerprint density at radius 2 is 1.67 bits per heavy atom. The van der Waals surface area contributed by atoms with Crippen LogP contribution in [0.3, 0.4) is 0 Å². The highest BCUT2D eigenvalue weighted by atomic mass is 79.9. The number of nitrogens with zero attached hydrogens (tertiary/aromatic N) is 1. The second-order valence-corrected chi connectivity index (χ2v) is 13.1. The smallest absolute Gasteiger partial charge is 0.200 e. The molecule has 0 unspecified atom stereocenters. The van der Waals surface area contributed by atoms with Gasteiger partial charge in [-0.05, 0) is 38.6 Å². The summed E-state index contributed by atoms with van der Waals surface area (Å²) < 4.78 is 7.59. The molecule has 21 heavy (non-hydrogen) atoms. The Morgan fingerprint density at radius 3 is 2.10 bits per heavy atom. The van der Waals surface area contributed by atoms with Crippen LogP contribution in [0.15, 0.2) is 16.7 Å². The van der Waals surface area contributed by atoms with Crippen LogP contribution in [0.25, 0.3) is 0 Å². The SMILES string of the molecule is CC(C)[Si](OCc1cc(Br)cnc1CCl)(C(C)C)C(C)C. The third-order valence-electron chi connectivity index (χ3n) is 4.34. The second kappa shape index (κ2) is 8.09. The van der Waals surface area contributed by atoms with Crippen molar-refractivity contribution in [2.75, 3.05) is 0 Å². The summed E-state index contributed by atoms with van der Waals surface area (Å²) in [5.41, 5.74) is 3.75. The molecule has 0 aliphatic heterocycles. The third-order valence-corrected chi connectivity index (χ3v) is 11.1. The van der Waals surface area contributed by atoms with Gasteiger partial charge in [0.15, 0.2) is 0 Å². The Labute approximate surface area is 143 Å². The Kier molecular flexibility index (Phi) is 7.38. The van der Waals surface area contributed by atoms with Crippen LogP contribution in [0.2, 0.25) is 16.6 Å². The van der Waals surface area contributed by atoms with Crippen molar-refractivity contribution in [3.05, 3.63) is 28.0 Å². The van der Waals surface area contributed by atoms with Crippen molar-refractivity contribution in [3.63, 3.8) is 0 Å². The molecule has 0 spiro atoms. The summed E-state index contributed by atoms with van der Waals surface area (Å²) in [6.07, 6.45) is 1.79. The highest BCUT2D eigenvalue weighted by Crippen LogP contribution is 2.42. The highest BCUT2D eigenvalue weighted by molar-refractivity contribution is 9.10.